The number of aliphatic carboxylic acids is 1. The molecule has 0 bridgehead atoms. The quantitative estimate of drug-likeness (QED) is 0.157. The van der Waals surface area contributed by atoms with Crippen LogP contribution in [0.3, 0.4) is 0 Å². The Bertz CT molecular complexity index is 2020. The maximum atomic E-state index is 13.4. The van der Waals surface area contributed by atoms with Gasteiger partial charge in [0.05, 0.1) is 0 Å². The van der Waals surface area contributed by atoms with Crippen molar-refractivity contribution in [1.29, 1.82) is 0 Å². The minimum atomic E-state index is -3.05. The van der Waals surface area contributed by atoms with Crippen LogP contribution in [-0.2, 0) is 17.9 Å². The number of carbonyl (C=O) groups is 1. The second-order valence-corrected chi connectivity index (χ2v) is 13.5. The Morgan fingerprint density at radius 3 is 2.27 bits per heavy atom. The molecule has 4 aromatic carbocycles. The molecule has 254 valence electrons. The van der Waals surface area contributed by atoms with Crippen molar-refractivity contribution >= 4 is 28.7 Å². The fourth-order valence-corrected chi connectivity index (χ4v) is 7.71. The third-order valence-electron chi connectivity index (χ3n) is 9.93. The van der Waals surface area contributed by atoms with Gasteiger partial charge < -0.3 is 14.3 Å². The van der Waals surface area contributed by atoms with E-state index in [0.717, 1.165) is 63.6 Å². The van der Waals surface area contributed by atoms with Gasteiger partial charge in [0.15, 0.2) is 5.58 Å². The summed E-state index contributed by atoms with van der Waals surface area (Å²) in [5.41, 5.74) is 9.35. The predicted octanol–water partition coefficient (Wildman–Crippen LogP) is 9.35. The van der Waals surface area contributed by atoms with E-state index in [0.29, 0.717) is 41.9 Å². The Hall–Kier alpha value is -4.31. The summed E-state index contributed by atoms with van der Waals surface area (Å²) in [4.78, 5) is 20.8. The van der Waals surface area contributed by atoms with Crippen LogP contribution in [0.15, 0.2) is 71.1 Å². The summed E-state index contributed by atoms with van der Waals surface area (Å²) in [6.45, 7) is 4.94. The van der Waals surface area contributed by atoms with E-state index in [1.807, 2.05) is 25.1 Å². The van der Waals surface area contributed by atoms with Gasteiger partial charge in [-0.25, -0.2) is 4.98 Å². The van der Waals surface area contributed by atoms with Crippen LogP contribution < -0.4 is 4.74 Å². The van der Waals surface area contributed by atoms with Gasteiger partial charge in [0, 0.05) is 40.9 Å². The normalized spacial score (nSPS) is 17.1. The molecule has 0 saturated carbocycles. The number of likely N-dealkylation sites (tertiary alicyclic amines) is 2. The number of benzene rings is 4. The average Bonchev–Trinajstić information content (AvgIpc) is 3.84. The number of halogens is 3. The first-order valence-corrected chi connectivity index (χ1v) is 17.1. The molecule has 10 heteroatoms. The van der Waals surface area contributed by atoms with Gasteiger partial charge in [0.1, 0.15) is 17.3 Å². The zero-order valence-electron chi connectivity index (χ0n) is 27.5. The highest BCUT2D eigenvalue weighted by atomic mass is 35.5. The molecule has 3 heterocycles. The van der Waals surface area contributed by atoms with E-state index in [1.165, 1.54) is 24.5 Å². The van der Waals surface area contributed by atoms with Gasteiger partial charge in [-0.15, -0.1) is 0 Å². The van der Waals surface area contributed by atoms with Crippen molar-refractivity contribution < 1.29 is 27.8 Å². The molecule has 7 nitrogen and oxygen atoms in total. The van der Waals surface area contributed by atoms with Crippen molar-refractivity contribution in [3.8, 4) is 39.5 Å². The number of alkyl halides is 2. The number of aromatic nitrogens is 1. The van der Waals surface area contributed by atoms with Crippen molar-refractivity contribution in [2.45, 2.75) is 65.3 Å². The number of carboxylic acids is 1. The van der Waals surface area contributed by atoms with Crippen molar-refractivity contribution in [2.75, 3.05) is 19.6 Å². The summed E-state index contributed by atoms with van der Waals surface area (Å²) in [6.07, 6.45) is 3.72. The molecule has 1 atom stereocenters. The lowest BCUT2D eigenvalue weighted by Crippen LogP contribution is -2.35. The van der Waals surface area contributed by atoms with Crippen LogP contribution in [0.2, 0.25) is 5.02 Å². The molecule has 1 aromatic heterocycles. The zero-order chi connectivity index (χ0) is 34.2. The van der Waals surface area contributed by atoms with Gasteiger partial charge in [-0.3, -0.25) is 14.6 Å². The molecule has 2 fully saturated rings. The number of hydrogen-bond donors (Lipinski definition) is 1. The molecule has 0 unspecified atom stereocenters. The van der Waals surface area contributed by atoms with E-state index in [4.69, 9.17) is 25.7 Å². The first-order valence-electron chi connectivity index (χ1n) is 16.7. The number of nitrogens with zero attached hydrogens (tertiary/aromatic N) is 3. The smallest absolute Gasteiger partial charge is 0.387 e. The van der Waals surface area contributed by atoms with Gasteiger partial charge in [0.25, 0.3) is 0 Å². The van der Waals surface area contributed by atoms with Crippen LogP contribution in [0.25, 0.3) is 44.8 Å². The molecular formula is C39H38ClF2N3O4. The third-order valence-corrected chi connectivity index (χ3v) is 10.2. The minimum absolute atomic E-state index is 0.0538. The number of carboxylic acid groups (broad SMARTS) is 1. The Morgan fingerprint density at radius 2 is 1.59 bits per heavy atom. The Morgan fingerprint density at radius 1 is 0.918 bits per heavy atom. The first-order chi connectivity index (χ1) is 23.7. The highest BCUT2D eigenvalue weighted by molar-refractivity contribution is 6.33. The molecule has 0 radical (unpaired) electrons. The van der Waals surface area contributed by atoms with Gasteiger partial charge in [-0.1, -0.05) is 54.1 Å². The van der Waals surface area contributed by atoms with Crippen LogP contribution >= 0.6 is 11.6 Å². The monoisotopic (exact) mass is 685 g/mol. The fraction of sp³-hybridized carbons (Fsp3) is 0.333. The standard InChI is InChI=1S/C39H38ClF2N3O4/c1-23-27(8-5-10-29(23)31-14-13-25(18-32(31)40)21-44-15-3-4-16-44)28-9-6-11-30(24(28)2)37-43-33-19-26(22-45-17-7-12-34(45)38(46)47)35(49-39(41)42)20-36(33)48-37/h5-6,8-11,13-14,18-20,34,39H,3-4,7,12,15-17,21-22H2,1-2H3,(H,46,47)/t34-/m0/s1. The van der Waals surface area contributed by atoms with Crippen LogP contribution in [0, 0.1) is 13.8 Å². The van der Waals surface area contributed by atoms with Gasteiger partial charge in [0.2, 0.25) is 5.89 Å². The lowest BCUT2D eigenvalue weighted by molar-refractivity contribution is -0.142. The third kappa shape index (κ3) is 6.80. The molecule has 2 saturated heterocycles. The van der Waals surface area contributed by atoms with Crippen LogP contribution in [0.5, 0.6) is 5.75 Å². The summed E-state index contributed by atoms with van der Waals surface area (Å²) in [5.74, 6) is -0.630. The molecule has 0 aliphatic carbocycles. The molecule has 0 spiro atoms. The number of ether oxygens (including phenoxy) is 1. The Labute approximate surface area is 289 Å². The van der Waals surface area contributed by atoms with Gasteiger partial charge in [-0.05, 0) is 111 Å². The molecular weight excluding hydrogens is 648 g/mol. The highest BCUT2D eigenvalue weighted by Crippen LogP contribution is 2.40. The molecule has 0 amide bonds. The second-order valence-electron chi connectivity index (χ2n) is 13.0. The number of fused-ring (bicyclic) bond motifs is 1. The van der Waals surface area contributed by atoms with E-state index in [1.54, 1.807) is 11.0 Å². The largest absolute Gasteiger partial charge is 0.480 e. The van der Waals surface area contributed by atoms with Crippen LogP contribution in [-0.4, -0.2) is 58.1 Å². The topological polar surface area (TPSA) is 79.0 Å². The number of rotatable bonds is 10. The average molecular weight is 686 g/mol. The first kappa shape index (κ1) is 33.2. The van der Waals surface area contributed by atoms with Crippen molar-refractivity contribution in [3.05, 3.63) is 94.0 Å². The van der Waals surface area contributed by atoms with E-state index in [9.17, 15) is 18.7 Å². The molecule has 5 aromatic rings. The van der Waals surface area contributed by atoms with E-state index >= 15 is 0 Å². The Kier molecular flexibility index (Phi) is 9.42. The lowest BCUT2D eigenvalue weighted by Gasteiger charge is -2.22. The van der Waals surface area contributed by atoms with E-state index in [2.05, 4.69) is 48.2 Å². The van der Waals surface area contributed by atoms with Gasteiger partial charge in [-0.2, -0.15) is 8.78 Å². The molecule has 7 rings (SSSR count). The Balaban J connectivity index is 1.21. The number of hydrogen-bond acceptors (Lipinski definition) is 6. The van der Waals surface area contributed by atoms with Crippen molar-refractivity contribution in [2.24, 2.45) is 0 Å². The second kappa shape index (κ2) is 13.9. The maximum Gasteiger partial charge on any atom is 0.387 e. The SMILES string of the molecule is Cc1c(-c2nc3cc(CN4CCC[C@H]4C(=O)O)c(OC(F)F)cc3o2)cccc1-c1cccc(-c2ccc(CN3CCCC3)cc2Cl)c1C. The van der Waals surface area contributed by atoms with Crippen molar-refractivity contribution in [1.82, 2.24) is 14.8 Å². The number of oxazole rings is 1. The molecule has 2 aliphatic rings. The van der Waals surface area contributed by atoms with E-state index < -0.39 is 18.6 Å². The summed E-state index contributed by atoms with van der Waals surface area (Å²) < 4.78 is 37.9. The fourth-order valence-electron chi connectivity index (χ4n) is 7.41. The lowest BCUT2D eigenvalue weighted by atomic mass is 9.89. The summed E-state index contributed by atoms with van der Waals surface area (Å²) in [7, 11) is 0. The minimum Gasteiger partial charge on any atom is -0.480 e. The molecule has 2 aliphatic heterocycles. The highest BCUT2D eigenvalue weighted by Gasteiger charge is 2.31. The maximum absolute atomic E-state index is 13.4. The summed E-state index contributed by atoms with van der Waals surface area (Å²) >= 11 is 6.89. The van der Waals surface area contributed by atoms with Crippen molar-refractivity contribution in [3.63, 3.8) is 0 Å². The summed E-state index contributed by atoms with van der Waals surface area (Å²) in [5, 5.41) is 10.4. The van der Waals surface area contributed by atoms with Crippen LogP contribution in [0.4, 0.5) is 8.78 Å². The predicted molar refractivity (Wildman–Crippen MR) is 187 cm³/mol. The molecule has 49 heavy (non-hydrogen) atoms. The zero-order valence-corrected chi connectivity index (χ0v) is 28.3. The van der Waals surface area contributed by atoms with Gasteiger partial charge >= 0.3 is 12.6 Å². The van der Waals surface area contributed by atoms with E-state index in [-0.39, 0.29) is 12.3 Å². The molecule has 1 N–H and O–H groups in total. The summed E-state index contributed by atoms with van der Waals surface area (Å²) in [6, 6.07) is 21.0. The van der Waals surface area contributed by atoms with Crippen LogP contribution in [0.1, 0.15) is 47.9 Å².